The van der Waals surface area contributed by atoms with E-state index < -0.39 is 0 Å². The first-order valence-electron chi connectivity index (χ1n) is 7.13. The van der Waals surface area contributed by atoms with E-state index in [9.17, 15) is 4.79 Å². The highest BCUT2D eigenvalue weighted by atomic mass is 16.5. The maximum atomic E-state index is 12.7. The third-order valence-corrected chi connectivity index (χ3v) is 3.84. The molecular weight excluding hydrogens is 270 g/mol. The highest BCUT2D eigenvalue weighted by molar-refractivity contribution is 5.99. The Hall–Kier alpha value is -1.95. The molecule has 1 aromatic rings. The van der Waals surface area contributed by atoms with Crippen molar-refractivity contribution in [3.05, 3.63) is 17.7 Å². The molecule has 0 radical (unpaired) electrons. The molecule has 2 N–H and O–H groups in total. The van der Waals surface area contributed by atoms with Crippen molar-refractivity contribution in [1.29, 1.82) is 0 Å². The van der Waals surface area contributed by atoms with Crippen molar-refractivity contribution in [2.75, 3.05) is 52.7 Å². The number of likely N-dealkylation sites (N-methyl/N-ethyl adjacent to an activating group) is 1. The van der Waals surface area contributed by atoms with E-state index in [1.54, 1.807) is 12.1 Å². The normalized spacial score (nSPS) is 15.9. The Kier molecular flexibility index (Phi) is 4.90. The molecule has 1 aliphatic heterocycles. The van der Waals surface area contributed by atoms with Gasteiger partial charge in [-0.3, -0.25) is 4.79 Å². The second-order valence-corrected chi connectivity index (χ2v) is 5.03. The summed E-state index contributed by atoms with van der Waals surface area (Å²) in [6.07, 6.45) is 0. The van der Waals surface area contributed by atoms with Gasteiger partial charge in [0.25, 0.3) is 5.91 Å². The number of hydrogen-bond donors (Lipinski definition) is 1. The number of methoxy groups -OCH3 is 2. The van der Waals surface area contributed by atoms with E-state index in [4.69, 9.17) is 15.2 Å². The average molecular weight is 293 g/mol. The number of amides is 1. The Bertz CT molecular complexity index is 511. The molecule has 6 nitrogen and oxygen atoms in total. The summed E-state index contributed by atoms with van der Waals surface area (Å²) in [5.74, 6) is 0.857. The molecule has 1 heterocycles. The number of piperazine rings is 1. The molecule has 0 atom stereocenters. The molecule has 0 aromatic heterocycles. The molecule has 0 bridgehead atoms. The van der Waals surface area contributed by atoms with Gasteiger partial charge in [0, 0.05) is 37.9 Å². The van der Waals surface area contributed by atoms with E-state index in [1.807, 2.05) is 4.90 Å². The Morgan fingerprint density at radius 3 is 2.38 bits per heavy atom. The average Bonchev–Trinajstić information content (AvgIpc) is 2.53. The van der Waals surface area contributed by atoms with E-state index in [2.05, 4.69) is 11.8 Å². The van der Waals surface area contributed by atoms with Crippen molar-refractivity contribution in [3.63, 3.8) is 0 Å². The quantitative estimate of drug-likeness (QED) is 0.841. The van der Waals surface area contributed by atoms with Crippen molar-refractivity contribution >= 4 is 11.6 Å². The molecule has 0 unspecified atom stereocenters. The Morgan fingerprint density at radius 2 is 1.86 bits per heavy atom. The van der Waals surface area contributed by atoms with Crippen molar-refractivity contribution in [1.82, 2.24) is 9.80 Å². The molecule has 1 aliphatic rings. The van der Waals surface area contributed by atoms with Crippen LogP contribution in [0.4, 0.5) is 5.69 Å². The SMILES string of the molecule is CCN1CCN(C(=O)c2cc(N)cc(OC)c2OC)CC1. The zero-order valence-electron chi connectivity index (χ0n) is 12.9. The lowest BCUT2D eigenvalue weighted by atomic mass is 10.1. The largest absolute Gasteiger partial charge is 0.493 e. The molecule has 2 rings (SSSR count). The molecule has 1 fully saturated rings. The van der Waals surface area contributed by atoms with Crippen LogP contribution in [0.25, 0.3) is 0 Å². The van der Waals surface area contributed by atoms with Crippen LogP contribution >= 0.6 is 0 Å². The minimum Gasteiger partial charge on any atom is -0.493 e. The molecule has 1 aromatic carbocycles. The molecule has 1 amide bonds. The van der Waals surface area contributed by atoms with Crippen molar-refractivity contribution in [3.8, 4) is 11.5 Å². The van der Waals surface area contributed by atoms with Crippen LogP contribution in [0.1, 0.15) is 17.3 Å². The second kappa shape index (κ2) is 6.67. The first kappa shape index (κ1) is 15.4. The summed E-state index contributed by atoms with van der Waals surface area (Å²) in [4.78, 5) is 16.9. The van der Waals surface area contributed by atoms with Crippen LogP contribution in [0, 0.1) is 0 Å². The predicted octanol–water partition coefficient (Wildman–Crippen LogP) is 1.06. The van der Waals surface area contributed by atoms with Gasteiger partial charge in [-0.1, -0.05) is 6.92 Å². The molecule has 0 spiro atoms. The number of rotatable bonds is 4. The standard InChI is InChI=1S/C15H23N3O3/c1-4-17-5-7-18(8-6-17)15(19)12-9-11(16)10-13(20-2)14(12)21-3/h9-10H,4-8,16H2,1-3H3. The van der Waals surface area contributed by atoms with Gasteiger partial charge in [0.2, 0.25) is 0 Å². The monoisotopic (exact) mass is 293 g/mol. The lowest BCUT2D eigenvalue weighted by Crippen LogP contribution is -2.48. The summed E-state index contributed by atoms with van der Waals surface area (Å²) in [6, 6.07) is 3.31. The molecule has 0 aliphatic carbocycles. The number of benzene rings is 1. The summed E-state index contributed by atoms with van der Waals surface area (Å²) in [6.45, 7) is 6.36. The smallest absolute Gasteiger partial charge is 0.257 e. The Labute approximate surface area is 125 Å². The molecule has 21 heavy (non-hydrogen) atoms. The van der Waals surface area contributed by atoms with E-state index in [0.29, 0.717) is 35.8 Å². The summed E-state index contributed by atoms with van der Waals surface area (Å²) >= 11 is 0. The van der Waals surface area contributed by atoms with E-state index in [0.717, 1.165) is 19.6 Å². The molecular formula is C15H23N3O3. The molecule has 1 saturated heterocycles. The highest BCUT2D eigenvalue weighted by Crippen LogP contribution is 2.34. The molecule has 0 saturated carbocycles. The number of nitrogen functional groups attached to an aromatic ring is 1. The number of anilines is 1. The van der Waals surface area contributed by atoms with Crippen LogP contribution in [0.15, 0.2) is 12.1 Å². The van der Waals surface area contributed by atoms with Gasteiger partial charge in [-0.05, 0) is 12.6 Å². The minimum atomic E-state index is -0.0618. The molecule has 6 heteroatoms. The first-order chi connectivity index (χ1) is 10.1. The van der Waals surface area contributed by atoms with Crippen LogP contribution in [0.3, 0.4) is 0 Å². The lowest BCUT2D eigenvalue weighted by Gasteiger charge is -2.34. The number of hydrogen-bond acceptors (Lipinski definition) is 5. The second-order valence-electron chi connectivity index (χ2n) is 5.03. The van der Waals surface area contributed by atoms with E-state index >= 15 is 0 Å². The number of ether oxygens (including phenoxy) is 2. The van der Waals surface area contributed by atoms with Gasteiger partial charge in [0.15, 0.2) is 11.5 Å². The van der Waals surface area contributed by atoms with Crippen LogP contribution in [0.5, 0.6) is 11.5 Å². The summed E-state index contributed by atoms with van der Waals surface area (Å²) < 4.78 is 10.6. The van der Waals surface area contributed by atoms with Crippen molar-refractivity contribution in [2.24, 2.45) is 0 Å². The summed E-state index contributed by atoms with van der Waals surface area (Å²) in [7, 11) is 3.06. The Morgan fingerprint density at radius 1 is 1.19 bits per heavy atom. The topological polar surface area (TPSA) is 68.0 Å². The predicted molar refractivity (Wildman–Crippen MR) is 82.0 cm³/mol. The zero-order valence-corrected chi connectivity index (χ0v) is 12.9. The Balaban J connectivity index is 2.25. The van der Waals surface area contributed by atoms with Gasteiger partial charge in [-0.25, -0.2) is 0 Å². The summed E-state index contributed by atoms with van der Waals surface area (Å²) in [5, 5.41) is 0. The van der Waals surface area contributed by atoms with Crippen LogP contribution in [-0.2, 0) is 0 Å². The fraction of sp³-hybridized carbons (Fsp3) is 0.533. The number of nitrogens with two attached hydrogens (primary N) is 1. The third kappa shape index (κ3) is 3.21. The highest BCUT2D eigenvalue weighted by Gasteiger charge is 2.25. The maximum absolute atomic E-state index is 12.7. The zero-order chi connectivity index (χ0) is 15.4. The number of carbonyl (C=O) groups is 1. The van der Waals surface area contributed by atoms with Gasteiger partial charge in [-0.15, -0.1) is 0 Å². The lowest BCUT2D eigenvalue weighted by molar-refractivity contribution is 0.0639. The van der Waals surface area contributed by atoms with Crippen molar-refractivity contribution < 1.29 is 14.3 Å². The van der Waals surface area contributed by atoms with Gasteiger partial charge in [0.1, 0.15) is 0 Å². The minimum absolute atomic E-state index is 0.0618. The van der Waals surface area contributed by atoms with Gasteiger partial charge >= 0.3 is 0 Å². The van der Waals surface area contributed by atoms with E-state index in [1.165, 1.54) is 14.2 Å². The van der Waals surface area contributed by atoms with E-state index in [-0.39, 0.29) is 5.91 Å². The maximum Gasteiger partial charge on any atom is 0.257 e. The first-order valence-corrected chi connectivity index (χ1v) is 7.13. The van der Waals surface area contributed by atoms with Crippen molar-refractivity contribution in [2.45, 2.75) is 6.92 Å². The van der Waals surface area contributed by atoms with Crippen LogP contribution in [-0.4, -0.2) is 62.7 Å². The number of carbonyl (C=O) groups excluding carboxylic acids is 1. The molecule has 116 valence electrons. The van der Waals surface area contributed by atoms with Gasteiger partial charge < -0.3 is 25.0 Å². The van der Waals surface area contributed by atoms with Gasteiger partial charge in [-0.2, -0.15) is 0 Å². The van der Waals surface area contributed by atoms with Gasteiger partial charge in [0.05, 0.1) is 19.8 Å². The van der Waals surface area contributed by atoms with Crippen LogP contribution in [0.2, 0.25) is 0 Å². The fourth-order valence-corrected chi connectivity index (χ4v) is 2.58. The number of nitrogens with zero attached hydrogens (tertiary/aromatic N) is 2. The third-order valence-electron chi connectivity index (χ3n) is 3.84. The van der Waals surface area contributed by atoms with Crippen LogP contribution < -0.4 is 15.2 Å². The summed E-state index contributed by atoms with van der Waals surface area (Å²) in [5.41, 5.74) is 6.80. The fourth-order valence-electron chi connectivity index (χ4n) is 2.58.